The van der Waals surface area contributed by atoms with E-state index in [1.165, 1.54) is 25.3 Å². The molecule has 1 saturated heterocycles. The first kappa shape index (κ1) is 19.1. The van der Waals surface area contributed by atoms with Gasteiger partial charge >= 0.3 is 0 Å². The summed E-state index contributed by atoms with van der Waals surface area (Å²) < 4.78 is 13.6. The van der Waals surface area contributed by atoms with Gasteiger partial charge in [-0.3, -0.25) is 4.79 Å². The zero-order valence-corrected chi connectivity index (χ0v) is 16.2. The normalized spacial score (nSPS) is 19.2. The molecule has 1 aromatic rings. The molecule has 2 aliphatic rings. The molecule has 0 aromatic heterocycles. The molecule has 0 unspecified atom stereocenters. The Labute approximate surface area is 160 Å². The van der Waals surface area contributed by atoms with E-state index in [9.17, 15) is 9.18 Å². The van der Waals surface area contributed by atoms with Crippen LogP contribution in [0.4, 0.5) is 10.1 Å². The van der Waals surface area contributed by atoms with Gasteiger partial charge in [-0.25, -0.2) is 4.39 Å². The third kappa shape index (κ3) is 4.93. The van der Waals surface area contributed by atoms with Gasteiger partial charge in [-0.1, -0.05) is 25.3 Å². The lowest BCUT2D eigenvalue weighted by Crippen LogP contribution is -2.49. The van der Waals surface area contributed by atoms with E-state index in [4.69, 9.17) is 12.2 Å². The van der Waals surface area contributed by atoms with E-state index < -0.39 is 0 Å². The van der Waals surface area contributed by atoms with E-state index in [1.807, 2.05) is 11.0 Å². The number of carbonyl (C=O) groups is 1. The Kier molecular flexibility index (Phi) is 6.46. The molecule has 1 aliphatic carbocycles. The Morgan fingerprint density at radius 3 is 2.50 bits per heavy atom. The molecule has 0 radical (unpaired) electrons. The van der Waals surface area contributed by atoms with Crippen LogP contribution in [0, 0.1) is 18.7 Å². The van der Waals surface area contributed by atoms with Gasteiger partial charge in [-0.15, -0.1) is 0 Å². The van der Waals surface area contributed by atoms with Gasteiger partial charge in [-0.2, -0.15) is 0 Å². The second kappa shape index (κ2) is 8.80. The summed E-state index contributed by atoms with van der Waals surface area (Å²) in [6.07, 6.45) is 7.54. The summed E-state index contributed by atoms with van der Waals surface area (Å²) in [6.45, 7) is 3.31. The fraction of sp³-hybridized carbons (Fsp3) is 0.600. The third-order valence-corrected chi connectivity index (χ3v) is 5.75. The zero-order valence-electron chi connectivity index (χ0n) is 15.4. The van der Waals surface area contributed by atoms with Crippen molar-refractivity contribution in [1.82, 2.24) is 10.2 Å². The number of halogens is 1. The van der Waals surface area contributed by atoms with Gasteiger partial charge in [-0.05, 0) is 62.5 Å². The number of hydrogen-bond donors (Lipinski definition) is 2. The summed E-state index contributed by atoms with van der Waals surface area (Å²) in [5.41, 5.74) is 1.26. The van der Waals surface area contributed by atoms with Crippen molar-refractivity contribution in [3.8, 4) is 0 Å². The molecular formula is C20H28FN3OS. The highest BCUT2D eigenvalue weighted by Crippen LogP contribution is 2.26. The van der Waals surface area contributed by atoms with Gasteiger partial charge in [0.1, 0.15) is 5.82 Å². The number of anilines is 1. The smallest absolute Gasteiger partial charge is 0.225 e. The molecule has 2 N–H and O–H groups in total. The number of piperidine rings is 1. The number of thiocarbonyl (C=S) groups is 1. The summed E-state index contributed by atoms with van der Waals surface area (Å²) in [4.78, 5) is 14.6. The molecule has 0 spiro atoms. The molecule has 3 rings (SSSR count). The van der Waals surface area contributed by atoms with Crippen LogP contribution in [0.25, 0.3) is 0 Å². The maximum Gasteiger partial charge on any atom is 0.225 e. The molecule has 2 fully saturated rings. The summed E-state index contributed by atoms with van der Waals surface area (Å²) in [7, 11) is 0. The molecule has 0 bridgehead atoms. The average molecular weight is 378 g/mol. The van der Waals surface area contributed by atoms with E-state index >= 15 is 0 Å². The van der Waals surface area contributed by atoms with Crippen molar-refractivity contribution in [1.29, 1.82) is 0 Å². The quantitative estimate of drug-likeness (QED) is 0.782. The lowest BCUT2D eigenvalue weighted by Gasteiger charge is -2.35. The largest absolute Gasteiger partial charge is 0.360 e. The van der Waals surface area contributed by atoms with Crippen LogP contribution in [0.15, 0.2) is 18.2 Å². The number of likely N-dealkylation sites (tertiary alicyclic amines) is 1. The Morgan fingerprint density at radius 2 is 1.85 bits per heavy atom. The van der Waals surface area contributed by atoms with Crippen molar-refractivity contribution < 1.29 is 9.18 Å². The topological polar surface area (TPSA) is 44.4 Å². The molecule has 6 heteroatoms. The SMILES string of the molecule is Cc1ccc(NC(=S)NC2CCN(C(=O)C3CCCCC3)CC2)cc1F. The van der Waals surface area contributed by atoms with E-state index in [0.29, 0.717) is 22.3 Å². The van der Waals surface area contributed by atoms with Crippen LogP contribution in [0.1, 0.15) is 50.5 Å². The highest BCUT2D eigenvalue weighted by molar-refractivity contribution is 7.80. The van der Waals surface area contributed by atoms with Gasteiger partial charge in [0.2, 0.25) is 5.91 Å². The summed E-state index contributed by atoms with van der Waals surface area (Å²) in [6, 6.07) is 5.25. The molecule has 26 heavy (non-hydrogen) atoms. The van der Waals surface area contributed by atoms with Crippen LogP contribution in [-0.2, 0) is 4.79 Å². The Bertz CT molecular complexity index is 652. The predicted octanol–water partition coefficient (Wildman–Crippen LogP) is 3.99. The van der Waals surface area contributed by atoms with Gasteiger partial charge in [0.25, 0.3) is 0 Å². The number of aryl methyl sites for hydroxylation is 1. The van der Waals surface area contributed by atoms with Crippen molar-refractivity contribution in [2.45, 2.75) is 57.9 Å². The number of benzene rings is 1. The van der Waals surface area contributed by atoms with Crippen LogP contribution in [-0.4, -0.2) is 35.1 Å². The van der Waals surface area contributed by atoms with Gasteiger partial charge < -0.3 is 15.5 Å². The zero-order chi connectivity index (χ0) is 18.5. The fourth-order valence-electron chi connectivity index (χ4n) is 3.88. The predicted molar refractivity (Wildman–Crippen MR) is 107 cm³/mol. The third-order valence-electron chi connectivity index (χ3n) is 5.53. The van der Waals surface area contributed by atoms with Gasteiger partial charge in [0.15, 0.2) is 5.11 Å². The molecular weight excluding hydrogens is 349 g/mol. The van der Waals surface area contributed by atoms with E-state index in [0.717, 1.165) is 38.8 Å². The second-order valence-electron chi connectivity index (χ2n) is 7.50. The summed E-state index contributed by atoms with van der Waals surface area (Å²) in [5.74, 6) is 0.346. The van der Waals surface area contributed by atoms with Crippen LogP contribution >= 0.6 is 12.2 Å². The van der Waals surface area contributed by atoms with Crippen molar-refractivity contribution in [3.05, 3.63) is 29.6 Å². The van der Waals surface area contributed by atoms with Crippen molar-refractivity contribution in [2.75, 3.05) is 18.4 Å². The van der Waals surface area contributed by atoms with Crippen LogP contribution in [0.5, 0.6) is 0 Å². The van der Waals surface area contributed by atoms with Gasteiger partial charge in [0.05, 0.1) is 0 Å². The molecule has 1 saturated carbocycles. The molecule has 1 aliphatic heterocycles. The Balaban J connectivity index is 1.43. The lowest BCUT2D eigenvalue weighted by atomic mass is 9.87. The summed E-state index contributed by atoms with van der Waals surface area (Å²) in [5, 5.41) is 6.85. The lowest BCUT2D eigenvalue weighted by molar-refractivity contribution is -0.137. The molecule has 1 amide bonds. The molecule has 1 heterocycles. The number of nitrogens with one attached hydrogen (secondary N) is 2. The molecule has 0 atom stereocenters. The van der Waals surface area contributed by atoms with E-state index in [1.54, 1.807) is 13.0 Å². The van der Waals surface area contributed by atoms with Crippen LogP contribution < -0.4 is 10.6 Å². The minimum Gasteiger partial charge on any atom is -0.360 e. The number of carbonyl (C=O) groups excluding carboxylic acids is 1. The maximum atomic E-state index is 13.6. The monoisotopic (exact) mass is 377 g/mol. The highest BCUT2D eigenvalue weighted by Gasteiger charge is 2.29. The summed E-state index contributed by atoms with van der Waals surface area (Å²) >= 11 is 5.35. The van der Waals surface area contributed by atoms with E-state index in [2.05, 4.69) is 10.6 Å². The highest BCUT2D eigenvalue weighted by atomic mass is 32.1. The standard InChI is InChI=1S/C20H28FN3OS/c1-14-7-8-17(13-18(14)21)23-20(26)22-16-9-11-24(12-10-16)19(25)15-5-3-2-4-6-15/h7-8,13,15-16H,2-6,9-12H2,1H3,(H2,22,23,26). The molecule has 142 valence electrons. The van der Waals surface area contributed by atoms with Gasteiger partial charge in [0, 0.05) is 30.7 Å². The second-order valence-corrected chi connectivity index (χ2v) is 7.91. The van der Waals surface area contributed by atoms with Crippen molar-refractivity contribution in [2.24, 2.45) is 5.92 Å². The van der Waals surface area contributed by atoms with E-state index in [-0.39, 0.29) is 17.8 Å². The molecule has 1 aromatic carbocycles. The first-order chi connectivity index (χ1) is 12.5. The van der Waals surface area contributed by atoms with Crippen molar-refractivity contribution >= 4 is 28.9 Å². The number of rotatable bonds is 3. The number of amides is 1. The fourth-order valence-corrected chi connectivity index (χ4v) is 4.16. The van der Waals surface area contributed by atoms with Crippen LogP contribution in [0.3, 0.4) is 0 Å². The minimum atomic E-state index is -0.243. The number of nitrogens with zero attached hydrogens (tertiary/aromatic N) is 1. The maximum absolute atomic E-state index is 13.6. The first-order valence-corrected chi connectivity index (χ1v) is 10.1. The Hall–Kier alpha value is -1.69. The minimum absolute atomic E-state index is 0.243. The van der Waals surface area contributed by atoms with Crippen molar-refractivity contribution in [3.63, 3.8) is 0 Å². The van der Waals surface area contributed by atoms with Crippen LogP contribution in [0.2, 0.25) is 0 Å². The average Bonchev–Trinajstić information content (AvgIpc) is 2.65. The Morgan fingerprint density at radius 1 is 1.15 bits per heavy atom. The molecule has 4 nitrogen and oxygen atoms in total. The number of hydrogen-bond acceptors (Lipinski definition) is 2. The first-order valence-electron chi connectivity index (χ1n) is 9.65.